The Labute approximate surface area is 229 Å². The molecule has 0 spiro atoms. The highest BCUT2D eigenvalue weighted by molar-refractivity contribution is 7.07. The molecule has 0 N–H and O–H groups in total. The molecule has 0 unspecified atom stereocenters. The van der Waals surface area contributed by atoms with E-state index in [9.17, 15) is 4.79 Å². The number of aryl methyl sites for hydroxylation is 1. The summed E-state index contributed by atoms with van der Waals surface area (Å²) in [6.45, 7) is 2.06. The quantitative estimate of drug-likeness (QED) is 0.272. The molecule has 0 bridgehead atoms. The Hall–Kier alpha value is -3.18. The van der Waals surface area contributed by atoms with Crippen molar-refractivity contribution in [3.05, 3.63) is 142 Å². The maximum absolute atomic E-state index is 13.8. The van der Waals surface area contributed by atoms with Gasteiger partial charge in [-0.3, -0.25) is 9.36 Å². The molecule has 3 nitrogen and oxygen atoms in total. The van der Waals surface area contributed by atoms with Crippen molar-refractivity contribution in [3.8, 4) is 0 Å². The topological polar surface area (TPSA) is 34.4 Å². The largest absolute Gasteiger partial charge is 0.272 e. The zero-order valence-electron chi connectivity index (χ0n) is 20.2. The van der Waals surface area contributed by atoms with Crippen molar-refractivity contribution in [1.29, 1.82) is 0 Å². The third-order valence-corrected chi connectivity index (χ3v) is 8.39. The third kappa shape index (κ3) is 4.77. The number of aromatic nitrogens is 1. The minimum Gasteiger partial charge on any atom is -0.272 e. The summed E-state index contributed by atoms with van der Waals surface area (Å²) in [7, 11) is 0. The Morgan fingerprint density at radius 3 is 2.19 bits per heavy atom. The van der Waals surface area contributed by atoms with E-state index in [-0.39, 0.29) is 11.6 Å². The van der Waals surface area contributed by atoms with Crippen LogP contribution in [-0.4, -0.2) is 4.57 Å². The number of fused-ring (bicyclic) bond motifs is 1. The Balaban J connectivity index is 1.57. The molecule has 184 valence electrons. The van der Waals surface area contributed by atoms with Gasteiger partial charge in [0.05, 0.1) is 16.3 Å². The smallest absolute Gasteiger partial charge is 0.271 e. The Bertz CT molecular complexity index is 1730. The van der Waals surface area contributed by atoms with Crippen LogP contribution in [0.4, 0.5) is 0 Å². The third-order valence-electron chi connectivity index (χ3n) is 6.90. The molecule has 1 atom stereocenters. The van der Waals surface area contributed by atoms with Crippen LogP contribution in [-0.2, 0) is 0 Å². The minimum absolute atomic E-state index is 0.00960. The summed E-state index contributed by atoms with van der Waals surface area (Å²) < 4.78 is 2.56. The number of rotatable bonds is 3. The summed E-state index contributed by atoms with van der Waals surface area (Å²) >= 11 is 13.8. The summed E-state index contributed by atoms with van der Waals surface area (Å²) in [5.74, 6) is 0. The minimum atomic E-state index is -0.211. The average molecular weight is 544 g/mol. The molecule has 3 aromatic carbocycles. The van der Waals surface area contributed by atoms with Crippen molar-refractivity contribution < 1.29 is 0 Å². The van der Waals surface area contributed by atoms with E-state index in [1.807, 2.05) is 71.3 Å². The number of benzene rings is 3. The van der Waals surface area contributed by atoms with Crippen LogP contribution >= 0.6 is 34.5 Å². The first-order valence-electron chi connectivity index (χ1n) is 12.3. The normalized spacial score (nSPS) is 18.5. The van der Waals surface area contributed by atoms with E-state index in [4.69, 9.17) is 28.2 Å². The molecule has 1 aliphatic carbocycles. The van der Waals surface area contributed by atoms with Gasteiger partial charge in [-0.15, -0.1) is 0 Å². The van der Waals surface area contributed by atoms with Gasteiger partial charge < -0.3 is 0 Å². The number of thiazole rings is 1. The predicted octanol–water partition coefficient (Wildman–Crippen LogP) is 7.10. The lowest BCUT2D eigenvalue weighted by Crippen LogP contribution is -2.39. The summed E-state index contributed by atoms with van der Waals surface area (Å²) in [6, 6.07) is 23.7. The molecule has 0 radical (unpaired) electrons. The van der Waals surface area contributed by atoms with Gasteiger partial charge in [0.2, 0.25) is 0 Å². The maximum atomic E-state index is 13.8. The second-order valence-corrected chi connectivity index (χ2v) is 11.4. The Morgan fingerprint density at radius 1 is 0.865 bits per heavy atom. The molecule has 1 aromatic heterocycles. The molecule has 4 aromatic rings. The number of hydrogen-bond donors (Lipinski definition) is 0. The van der Waals surface area contributed by atoms with Gasteiger partial charge >= 0.3 is 0 Å². The van der Waals surface area contributed by atoms with Crippen molar-refractivity contribution in [2.45, 2.75) is 32.2 Å². The second kappa shape index (κ2) is 9.94. The highest BCUT2D eigenvalue weighted by Crippen LogP contribution is 2.41. The van der Waals surface area contributed by atoms with E-state index in [1.54, 1.807) is 0 Å². The summed E-state index contributed by atoms with van der Waals surface area (Å²) in [6.07, 6.45) is 7.01. The molecule has 2 aliphatic rings. The fourth-order valence-electron chi connectivity index (χ4n) is 5.08. The highest BCUT2D eigenvalue weighted by atomic mass is 35.5. The fraction of sp³-hybridized carbons (Fsp3) is 0.161. The van der Waals surface area contributed by atoms with Crippen LogP contribution < -0.4 is 14.9 Å². The Kier molecular flexibility index (Phi) is 6.49. The second-order valence-electron chi connectivity index (χ2n) is 9.49. The van der Waals surface area contributed by atoms with Gasteiger partial charge in [0.25, 0.3) is 5.56 Å². The molecule has 0 saturated heterocycles. The van der Waals surface area contributed by atoms with Crippen molar-refractivity contribution in [1.82, 2.24) is 4.57 Å². The van der Waals surface area contributed by atoms with E-state index >= 15 is 0 Å². The van der Waals surface area contributed by atoms with Crippen LogP contribution in [0.25, 0.3) is 12.2 Å². The first-order chi connectivity index (χ1) is 18.0. The molecule has 6 heteroatoms. The number of halogens is 2. The maximum Gasteiger partial charge on any atom is 0.271 e. The monoisotopic (exact) mass is 542 g/mol. The molecule has 0 fully saturated rings. The molecule has 1 aliphatic heterocycles. The molecule has 37 heavy (non-hydrogen) atoms. The number of hydrogen-bond acceptors (Lipinski definition) is 3. The molecule has 0 saturated carbocycles. The summed E-state index contributed by atoms with van der Waals surface area (Å²) in [5, 5.41) is 1.40. The van der Waals surface area contributed by atoms with Gasteiger partial charge in [-0.1, -0.05) is 88.6 Å². The Morgan fingerprint density at radius 2 is 1.49 bits per heavy atom. The van der Waals surface area contributed by atoms with Crippen LogP contribution in [0, 0.1) is 6.92 Å². The van der Waals surface area contributed by atoms with Gasteiger partial charge in [0.1, 0.15) is 0 Å². The summed E-state index contributed by atoms with van der Waals surface area (Å²) in [5.41, 5.74) is 7.70. The van der Waals surface area contributed by atoms with E-state index in [1.165, 1.54) is 28.0 Å². The van der Waals surface area contributed by atoms with Crippen LogP contribution in [0.15, 0.2) is 99.4 Å². The van der Waals surface area contributed by atoms with Gasteiger partial charge in [0, 0.05) is 10.0 Å². The molecule has 2 heterocycles. The molecule has 0 amide bonds. The standard InChI is InChI=1S/C31H24Cl2N2OS/c1-19-5-7-21(8-6-19)18-27-30(36)35-29(22-11-15-25(33)16-12-22)26-4-2-3-23(28(26)34-31(35)37-27)17-20-9-13-24(32)14-10-20/h5-18,29H,2-4H2,1H3/b23-17+,27-18+/t29-/m1/s1. The van der Waals surface area contributed by atoms with Gasteiger partial charge in [-0.25, -0.2) is 4.99 Å². The highest BCUT2D eigenvalue weighted by Gasteiger charge is 2.32. The zero-order chi connectivity index (χ0) is 25.5. The molecule has 6 rings (SSSR count). The van der Waals surface area contributed by atoms with E-state index in [0.717, 1.165) is 51.5 Å². The first-order valence-corrected chi connectivity index (χ1v) is 13.9. The first kappa shape index (κ1) is 24.2. The van der Waals surface area contributed by atoms with Crippen molar-refractivity contribution in [3.63, 3.8) is 0 Å². The van der Waals surface area contributed by atoms with Crippen molar-refractivity contribution in [2.75, 3.05) is 0 Å². The average Bonchev–Trinajstić information content (AvgIpc) is 3.21. The van der Waals surface area contributed by atoms with Crippen molar-refractivity contribution >= 4 is 46.7 Å². The fourth-order valence-corrected chi connectivity index (χ4v) is 6.33. The van der Waals surface area contributed by atoms with Crippen LogP contribution in [0.2, 0.25) is 10.0 Å². The SMILES string of the molecule is Cc1ccc(/C=c2/sc3n(c2=O)[C@H](c2ccc(Cl)cc2)C2=C(N=3)/C(=C/c3ccc(Cl)cc3)CCC2)cc1. The van der Waals surface area contributed by atoms with E-state index in [2.05, 4.69) is 25.1 Å². The van der Waals surface area contributed by atoms with Crippen molar-refractivity contribution in [2.24, 2.45) is 4.99 Å². The lowest BCUT2D eigenvalue weighted by atomic mass is 9.84. The van der Waals surface area contributed by atoms with Crippen LogP contribution in [0.1, 0.15) is 47.6 Å². The zero-order valence-corrected chi connectivity index (χ0v) is 22.6. The predicted molar refractivity (Wildman–Crippen MR) is 154 cm³/mol. The molecular weight excluding hydrogens is 519 g/mol. The van der Waals surface area contributed by atoms with Crippen LogP contribution in [0.3, 0.4) is 0 Å². The van der Waals surface area contributed by atoms with Gasteiger partial charge in [0.15, 0.2) is 4.80 Å². The number of nitrogens with zero attached hydrogens (tertiary/aromatic N) is 2. The number of allylic oxidation sites excluding steroid dienone is 2. The van der Waals surface area contributed by atoms with Crippen LogP contribution in [0.5, 0.6) is 0 Å². The van der Waals surface area contributed by atoms with E-state index < -0.39 is 0 Å². The van der Waals surface area contributed by atoms with Gasteiger partial charge in [-0.05, 0) is 90.4 Å². The van der Waals surface area contributed by atoms with E-state index in [0.29, 0.717) is 9.55 Å². The molecular formula is C31H24Cl2N2OS. The lowest BCUT2D eigenvalue weighted by Gasteiger charge is -2.31. The lowest BCUT2D eigenvalue weighted by molar-refractivity contribution is 0.553. The summed E-state index contributed by atoms with van der Waals surface area (Å²) in [4.78, 5) is 19.7. The van der Waals surface area contributed by atoms with Gasteiger partial charge in [-0.2, -0.15) is 0 Å².